The summed E-state index contributed by atoms with van der Waals surface area (Å²) in [6.07, 6.45) is 4.07. The molecule has 1 heterocycles. The molecular weight excluding hydrogens is 360 g/mol. The Morgan fingerprint density at radius 1 is 1.19 bits per heavy atom. The molecule has 2 rings (SSSR count). The number of hydrogen-bond acceptors (Lipinski definition) is 3. The predicted octanol–water partition coefficient (Wildman–Crippen LogP) is 2.69. The van der Waals surface area contributed by atoms with Crippen molar-refractivity contribution in [3.05, 3.63) is 30.3 Å². The molecule has 1 aliphatic rings. The van der Waals surface area contributed by atoms with Crippen molar-refractivity contribution in [3.8, 4) is 0 Å². The Kier molecular flexibility index (Phi) is 8.57. The van der Waals surface area contributed by atoms with Gasteiger partial charge in [-0.2, -0.15) is 4.31 Å². The molecule has 0 amide bonds. The van der Waals surface area contributed by atoms with Crippen molar-refractivity contribution in [1.82, 2.24) is 14.9 Å². The number of rotatable bonds is 8. The zero-order valence-corrected chi connectivity index (χ0v) is 17.6. The van der Waals surface area contributed by atoms with E-state index in [0.29, 0.717) is 23.9 Å². The number of piperidine rings is 1. The van der Waals surface area contributed by atoms with Gasteiger partial charge < -0.3 is 10.6 Å². The molecule has 0 bridgehead atoms. The summed E-state index contributed by atoms with van der Waals surface area (Å²) in [7, 11) is -1.58. The van der Waals surface area contributed by atoms with Gasteiger partial charge in [-0.05, 0) is 49.7 Å². The van der Waals surface area contributed by atoms with Crippen molar-refractivity contribution in [2.75, 3.05) is 33.2 Å². The molecule has 152 valence electrons. The lowest BCUT2D eigenvalue weighted by Gasteiger charge is -2.31. The highest BCUT2D eigenvalue weighted by atomic mass is 32.2. The second kappa shape index (κ2) is 10.7. The van der Waals surface area contributed by atoms with E-state index in [4.69, 9.17) is 0 Å². The fraction of sp³-hybridized carbons (Fsp3) is 0.650. The Labute approximate surface area is 164 Å². The molecule has 7 heteroatoms. The maximum absolute atomic E-state index is 12.7. The number of hydrogen-bond donors (Lipinski definition) is 2. The van der Waals surface area contributed by atoms with Gasteiger partial charge in [-0.25, -0.2) is 8.42 Å². The zero-order valence-electron chi connectivity index (χ0n) is 16.8. The highest BCUT2D eigenvalue weighted by Crippen LogP contribution is 2.23. The first kappa shape index (κ1) is 21.7. The zero-order chi connectivity index (χ0) is 19.7. The van der Waals surface area contributed by atoms with Crippen molar-refractivity contribution in [2.45, 2.75) is 44.4 Å². The summed E-state index contributed by atoms with van der Waals surface area (Å²) >= 11 is 0. The summed E-state index contributed by atoms with van der Waals surface area (Å²) in [5.74, 6) is 2.01. The highest BCUT2D eigenvalue weighted by Gasteiger charge is 2.29. The van der Waals surface area contributed by atoms with Crippen LogP contribution in [0.25, 0.3) is 0 Å². The summed E-state index contributed by atoms with van der Waals surface area (Å²) in [6.45, 7) is 7.36. The van der Waals surface area contributed by atoms with E-state index < -0.39 is 10.0 Å². The summed E-state index contributed by atoms with van der Waals surface area (Å²) in [5, 5.41) is 6.73. The van der Waals surface area contributed by atoms with E-state index in [-0.39, 0.29) is 0 Å². The molecule has 0 aromatic heterocycles. The topological polar surface area (TPSA) is 73.8 Å². The molecule has 0 unspecified atom stereocenters. The van der Waals surface area contributed by atoms with Crippen LogP contribution < -0.4 is 10.6 Å². The molecule has 0 radical (unpaired) electrons. The number of benzene rings is 1. The molecule has 0 spiro atoms. The summed E-state index contributed by atoms with van der Waals surface area (Å²) in [6, 6.07) is 8.70. The Morgan fingerprint density at radius 3 is 2.44 bits per heavy atom. The Hall–Kier alpha value is -1.60. The first-order valence-electron chi connectivity index (χ1n) is 9.93. The Morgan fingerprint density at radius 2 is 1.85 bits per heavy atom. The van der Waals surface area contributed by atoms with Crippen LogP contribution >= 0.6 is 0 Å². The standard InChI is InChI=1S/C20H34N4O2S/c1-17(2)8-7-13-22-20(21-3)23-16-18-11-14-24(15-12-18)27(25,26)19-9-5-4-6-10-19/h4-6,9-10,17-18H,7-8,11-16H2,1-3H3,(H2,21,22,23). The Balaban J connectivity index is 1.74. The van der Waals surface area contributed by atoms with Gasteiger partial charge in [0, 0.05) is 33.2 Å². The monoisotopic (exact) mass is 394 g/mol. The molecule has 1 aliphatic heterocycles. The van der Waals surface area contributed by atoms with E-state index in [1.807, 2.05) is 6.07 Å². The number of aliphatic imine (C=N–C) groups is 1. The fourth-order valence-corrected chi connectivity index (χ4v) is 4.76. The van der Waals surface area contributed by atoms with Gasteiger partial charge in [0.2, 0.25) is 10.0 Å². The van der Waals surface area contributed by atoms with Crippen LogP contribution in [0.1, 0.15) is 39.5 Å². The van der Waals surface area contributed by atoms with Gasteiger partial charge in [-0.3, -0.25) is 4.99 Å². The van der Waals surface area contributed by atoms with Crippen molar-refractivity contribution in [1.29, 1.82) is 0 Å². The predicted molar refractivity (Wildman–Crippen MR) is 111 cm³/mol. The van der Waals surface area contributed by atoms with Crippen LogP contribution in [0.3, 0.4) is 0 Å². The van der Waals surface area contributed by atoms with Crippen molar-refractivity contribution >= 4 is 16.0 Å². The number of nitrogens with one attached hydrogen (secondary N) is 2. The van der Waals surface area contributed by atoms with E-state index in [0.717, 1.165) is 44.2 Å². The maximum atomic E-state index is 12.7. The van der Waals surface area contributed by atoms with Crippen LogP contribution in [0.5, 0.6) is 0 Å². The van der Waals surface area contributed by atoms with Crippen molar-refractivity contribution in [2.24, 2.45) is 16.8 Å². The average molecular weight is 395 g/mol. The largest absolute Gasteiger partial charge is 0.356 e. The van der Waals surface area contributed by atoms with Crippen molar-refractivity contribution < 1.29 is 8.42 Å². The van der Waals surface area contributed by atoms with E-state index in [1.54, 1.807) is 35.6 Å². The smallest absolute Gasteiger partial charge is 0.243 e. The minimum Gasteiger partial charge on any atom is -0.356 e. The molecule has 2 N–H and O–H groups in total. The molecule has 1 aromatic carbocycles. The molecule has 1 saturated heterocycles. The summed E-state index contributed by atoms with van der Waals surface area (Å²) in [5.41, 5.74) is 0. The quantitative estimate of drug-likeness (QED) is 0.404. The van der Waals surface area contributed by atoms with Crippen LogP contribution in [0, 0.1) is 11.8 Å². The van der Waals surface area contributed by atoms with E-state index in [1.165, 1.54) is 6.42 Å². The van der Waals surface area contributed by atoms with Gasteiger partial charge in [0.25, 0.3) is 0 Å². The lowest BCUT2D eigenvalue weighted by atomic mass is 9.98. The molecule has 27 heavy (non-hydrogen) atoms. The summed E-state index contributed by atoms with van der Waals surface area (Å²) < 4.78 is 27.0. The number of sulfonamides is 1. The van der Waals surface area contributed by atoms with Crippen LogP contribution in [0.15, 0.2) is 40.2 Å². The first-order valence-corrected chi connectivity index (χ1v) is 11.4. The van der Waals surface area contributed by atoms with Gasteiger partial charge in [-0.15, -0.1) is 0 Å². The van der Waals surface area contributed by atoms with Gasteiger partial charge in [0.1, 0.15) is 0 Å². The molecule has 1 aromatic rings. The lowest BCUT2D eigenvalue weighted by molar-refractivity contribution is 0.273. The molecule has 0 saturated carbocycles. The molecule has 6 nitrogen and oxygen atoms in total. The third-order valence-corrected chi connectivity index (χ3v) is 6.90. The normalized spacial score (nSPS) is 17.3. The minimum absolute atomic E-state index is 0.382. The van der Waals surface area contributed by atoms with Crippen LogP contribution in [0.2, 0.25) is 0 Å². The Bertz CT molecular complexity index is 681. The van der Waals surface area contributed by atoms with Gasteiger partial charge in [0.05, 0.1) is 4.90 Å². The summed E-state index contributed by atoms with van der Waals surface area (Å²) in [4.78, 5) is 4.65. The first-order chi connectivity index (χ1) is 12.9. The van der Waals surface area contributed by atoms with Crippen LogP contribution in [-0.2, 0) is 10.0 Å². The van der Waals surface area contributed by atoms with Crippen LogP contribution in [-0.4, -0.2) is 51.9 Å². The molecule has 0 atom stereocenters. The lowest BCUT2D eigenvalue weighted by Crippen LogP contribution is -2.44. The molecule has 0 aliphatic carbocycles. The van der Waals surface area contributed by atoms with Crippen molar-refractivity contribution in [3.63, 3.8) is 0 Å². The van der Waals surface area contributed by atoms with Gasteiger partial charge >= 0.3 is 0 Å². The SMILES string of the molecule is CN=C(NCCCC(C)C)NCC1CCN(S(=O)(=O)c2ccccc2)CC1. The second-order valence-corrected chi connectivity index (χ2v) is 9.51. The third kappa shape index (κ3) is 6.81. The maximum Gasteiger partial charge on any atom is 0.243 e. The average Bonchev–Trinajstić information content (AvgIpc) is 2.68. The van der Waals surface area contributed by atoms with E-state index in [2.05, 4.69) is 29.5 Å². The molecule has 1 fully saturated rings. The second-order valence-electron chi connectivity index (χ2n) is 7.58. The minimum atomic E-state index is -3.37. The molecular formula is C20H34N4O2S. The van der Waals surface area contributed by atoms with E-state index in [9.17, 15) is 8.42 Å². The van der Waals surface area contributed by atoms with Gasteiger partial charge in [-0.1, -0.05) is 32.0 Å². The number of guanidine groups is 1. The fourth-order valence-electron chi connectivity index (χ4n) is 3.27. The van der Waals surface area contributed by atoms with Crippen LogP contribution in [0.4, 0.5) is 0 Å². The third-order valence-electron chi connectivity index (χ3n) is 4.99. The van der Waals surface area contributed by atoms with E-state index >= 15 is 0 Å². The number of nitrogens with zero attached hydrogens (tertiary/aromatic N) is 2. The highest BCUT2D eigenvalue weighted by molar-refractivity contribution is 7.89. The van der Waals surface area contributed by atoms with Gasteiger partial charge in [0.15, 0.2) is 5.96 Å².